The first-order valence-corrected chi connectivity index (χ1v) is 8.82. The smallest absolute Gasteiger partial charge is 0.270 e. The van der Waals surface area contributed by atoms with E-state index >= 15 is 0 Å². The number of benzene rings is 1. The Bertz CT molecular complexity index is 784. The van der Waals surface area contributed by atoms with Gasteiger partial charge in [-0.2, -0.15) is 0 Å². The Morgan fingerprint density at radius 3 is 2.64 bits per heavy atom. The van der Waals surface area contributed by atoms with E-state index in [0.717, 1.165) is 16.9 Å². The second-order valence-corrected chi connectivity index (χ2v) is 7.84. The molecule has 9 heteroatoms. The Labute approximate surface area is 132 Å². The lowest BCUT2D eigenvalue weighted by molar-refractivity contribution is 0.102. The molecule has 0 unspecified atom stereocenters. The Kier molecular flexibility index (Phi) is 4.89. The molecular formula is C13H16N4O3S2. The van der Waals surface area contributed by atoms with Gasteiger partial charge in [0.2, 0.25) is 9.47 Å². The zero-order chi connectivity index (χ0) is 16.3. The number of anilines is 1. The standard InChI is InChI=1S/C13H16N4O3S2/c1-8(2)17-22(19,20)13-16-15-12(21-13)14-11(18)10-6-4-5-9(3)7-10/h4-8,17H,1-3H3,(H,14,15,18). The van der Waals surface area contributed by atoms with E-state index in [1.165, 1.54) is 0 Å². The third-order valence-corrected chi connectivity index (χ3v) is 5.39. The van der Waals surface area contributed by atoms with Crippen LogP contribution in [0.3, 0.4) is 0 Å². The molecule has 118 valence electrons. The average Bonchev–Trinajstić information content (AvgIpc) is 2.86. The van der Waals surface area contributed by atoms with Crippen molar-refractivity contribution in [2.75, 3.05) is 5.32 Å². The maximum absolute atomic E-state index is 12.1. The molecule has 1 aromatic heterocycles. The first-order chi connectivity index (χ1) is 10.3. The summed E-state index contributed by atoms with van der Waals surface area (Å²) in [4.78, 5) is 12.1. The predicted octanol–water partition coefficient (Wildman–Crippen LogP) is 1.79. The number of aromatic nitrogens is 2. The maximum Gasteiger partial charge on any atom is 0.270 e. The molecule has 1 heterocycles. The van der Waals surface area contributed by atoms with E-state index in [0.29, 0.717) is 5.56 Å². The molecule has 1 amide bonds. The first kappa shape index (κ1) is 16.5. The van der Waals surface area contributed by atoms with Crippen LogP contribution in [0.25, 0.3) is 0 Å². The third-order valence-electron chi connectivity index (χ3n) is 2.53. The van der Waals surface area contributed by atoms with E-state index in [9.17, 15) is 13.2 Å². The average molecular weight is 340 g/mol. The number of hydrogen-bond donors (Lipinski definition) is 2. The molecule has 2 N–H and O–H groups in total. The molecule has 0 atom stereocenters. The van der Waals surface area contributed by atoms with Crippen molar-refractivity contribution in [2.45, 2.75) is 31.2 Å². The van der Waals surface area contributed by atoms with Crippen LogP contribution in [0.1, 0.15) is 29.8 Å². The van der Waals surface area contributed by atoms with Crippen molar-refractivity contribution in [1.82, 2.24) is 14.9 Å². The van der Waals surface area contributed by atoms with Gasteiger partial charge in [0.1, 0.15) is 0 Å². The van der Waals surface area contributed by atoms with Crippen LogP contribution < -0.4 is 10.0 Å². The van der Waals surface area contributed by atoms with Gasteiger partial charge in [0.15, 0.2) is 0 Å². The Hall–Kier alpha value is -1.84. The Balaban J connectivity index is 2.14. The summed E-state index contributed by atoms with van der Waals surface area (Å²) in [6, 6.07) is 6.80. The second-order valence-electron chi connectivity index (χ2n) is 4.97. The number of hydrogen-bond acceptors (Lipinski definition) is 6. The SMILES string of the molecule is Cc1cccc(C(=O)Nc2nnc(S(=O)(=O)NC(C)C)s2)c1. The van der Waals surface area contributed by atoms with Crippen LogP contribution in [-0.4, -0.2) is 30.6 Å². The fourth-order valence-corrected chi connectivity index (χ4v) is 3.85. The van der Waals surface area contributed by atoms with Crippen molar-refractivity contribution in [3.63, 3.8) is 0 Å². The number of sulfonamides is 1. The number of rotatable bonds is 5. The third kappa shape index (κ3) is 4.09. The second kappa shape index (κ2) is 6.51. The summed E-state index contributed by atoms with van der Waals surface area (Å²) in [5.74, 6) is -0.361. The van der Waals surface area contributed by atoms with Gasteiger partial charge in [-0.1, -0.05) is 29.0 Å². The molecule has 0 aliphatic rings. The molecule has 0 radical (unpaired) electrons. The van der Waals surface area contributed by atoms with Crippen molar-refractivity contribution in [2.24, 2.45) is 0 Å². The maximum atomic E-state index is 12.1. The van der Waals surface area contributed by atoms with Gasteiger partial charge in [-0.15, -0.1) is 10.2 Å². The van der Waals surface area contributed by atoms with Crippen molar-refractivity contribution < 1.29 is 13.2 Å². The van der Waals surface area contributed by atoms with Gasteiger partial charge in [0.05, 0.1) is 0 Å². The van der Waals surface area contributed by atoms with Crippen LogP contribution in [0.2, 0.25) is 0 Å². The minimum absolute atomic E-state index is 0.135. The highest BCUT2D eigenvalue weighted by molar-refractivity contribution is 7.91. The number of amides is 1. The van der Waals surface area contributed by atoms with Gasteiger partial charge in [0, 0.05) is 11.6 Å². The van der Waals surface area contributed by atoms with E-state index in [-0.39, 0.29) is 21.4 Å². The summed E-state index contributed by atoms with van der Waals surface area (Å²) in [6.45, 7) is 5.29. The molecule has 2 aromatic rings. The molecule has 0 aliphatic heterocycles. The lowest BCUT2D eigenvalue weighted by Crippen LogP contribution is -2.30. The van der Waals surface area contributed by atoms with Crippen molar-refractivity contribution >= 4 is 32.4 Å². The highest BCUT2D eigenvalue weighted by Gasteiger charge is 2.21. The van der Waals surface area contributed by atoms with Crippen LogP contribution >= 0.6 is 11.3 Å². The monoisotopic (exact) mass is 340 g/mol. The fourth-order valence-electron chi connectivity index (χ4n) is 1.69. The lowest BCUT2D eigenvalue weighted by atomic mass is 10.1. The Morgan fingerprint density at radius 1 is 1.27 bits per heavy atom. The van der Waals surface area contributed by atoms with E-state index in [1.807, 2.05) is 13.0 Å². The summed E-state index contributed by atoms with van der Waals surface area (Å²) in [5, 5.41) is 9.98. The largest absolute Gasteiger partial charge is 0.296 e. The summed E-state index contributed by atoms with van der Waals surface area (Å²) < 4.78 is 26.1. The van der Waals surface area contributed by atoms with Gasteiger partial charge in [-0.05, 0) is 32.9 Å². The fraction of sp³-hybridized carbons (Fsp3) is 0.308. The van der Waals surface area contributed by atoms with E-state index in [1.54, 1.807) is 32.0 Å². The molecule has 0 aliphatic carbocycles. The summed E-state index contributed by atoms with van der Waals surface area (Å²) >= 11 is 0.804. The molecule has 7 nitrogen and oxygen atoms in total. The molecule has 0 fully saturated rings. The number of nitrogens with zero attached hydrogens (tertiary/aromatic N) is 2. The summed E-state index contributed by atoms with van der Waals surface area (Å²) in [7, 11) is -3.70. The number of carbonyl (C=O) groups is 1. The molecule has 22 heavy (non-hydrogen) atoms. The van der Waals surface area contributed by atoms with Gasteiger partial charge in [-0.25, -0.2) is 13.1 Å². The number of carbonyl (C=O) groups excluding carboxylic acids is 1. The Morgan fingerprint density at radius 2 is 2.00 bits per heavy atom. The van der Waals surface area contributed by atoms with Crippen LogP contribution in [0.5, 0.6) is 0 Å². The van der Waals surface area contributed by atoms with Crippen molar-refractivity contribution in [1.29, 1.82) is 0 Å². The van der Waals surface area contributed by atoms with Crippen LogP contribution in [0.4, 0.5) is 5.13 Å². The molecule has 0 spiro atoms. The highest BCUT2D eigenvalue weighted by Crippen LogP contribution is 2.20. The van der Waals surface area contributed by atoms with Crippen LogP contribution in [-0.2, 0) is 10.0 Å². The normalized spacial score (nSPS) is 11.6. The molecular weight excluding hydrogens is 324 g/mol. The highest BCUT2D eigenvalue weighted by atomic mass is 32.2. The number of nitrogens with one attached hydrogen (secondary N) is 2. The summed E-state index contributed by atoms with van der Waals surface area (Å²) in [5.41, 5.74) is 1.43. The number of aryl methyl sites for hydroxylation is 1. The van der Waals surface area contributed by atoms with Gasteiger partial charge in [0.25, 0.3) is 15.9 Å². The van der Waals surface area contributed by atoms with Gasteiger partial charge >= 0.3 is 0 Å². The molecule has 0 saturated carbocycles. The van der Waals surface area contributed by atoms with Crippen molar-refractivity contribution in [3.05, 3.63) is 35.4 Å². The zero-order valence-corrected chi connectivity index (χ0v) is 14.0. The first-order valence-electron chi connectivity index (χ1n) is 6.52. The van der Waals surface area contributed by atoms with E-state index in [4.69, 9.17) is 0 Å². The molecule has 2 rings (SSSR count). The van der Waals surface area contributed by atoms with Crippen LogP contribution in [0.15, 0.2) is 28.6 Å². The molecule has 0 bridgehead atoms. The minimum atomic E-state index is -3.70. The molecule has 0 saturated heterocycles. The van der Waals surface area contributed by atoms with Crippen LogP contribution in [0, 0.1) is 6.92 Å². The van der Waals surface area contributed by atoms with Gasteiger partial charge < -0.3 is 0 Å². The van der Waals surface area contributed by atoms with Gasteiger partial charge in [-0.3, -0.25) is 10.1 Å². The van der Waals surface area contributed by atoms with E-state index < -0.39 is 10.0 Å². The zero-order valence-electron chi connectivity index (χ0n) is 12.3. The predicted molar refractivity (Wildman–Crippen MR) is 84.5 cm³/mol. The minimum Gasteiger partial charge on any atom is -0.296 e. The lowest BCUT2D eigenvalue weighted by Gasteiger charge is -2.05. The van der Waals surface area contributed by atoms with Crippen molar-refractivity contribution in [3.8, 4) is 0 Å². The van der Waals surface area contributed by atoms with E-state index in [2.05, 4.69) is 20.2 Å². The summed E-state index contributed by atoms with van der Waals surface area (Å²) in [6.07, 6.45) is 0. The quantitative estimate of drug-likeness (QED) is 0.808. The topological polar surface area (TPSA) is 101 Å². The molecule has 1 aromatic carbocycles.